The van der Waals surface area contributed by atoms with E-state index in [2.05, 4.69) is 39.2 Å². The van der Waals surface area contributed by atoms with Crippen LogP contribution in [-0.4, -0.2) is 56.8 Å². The number of hydrogen-bond acceptors (Lipinski definition) is 4. The molecule has 1 unspecified atom stereocenters. The number of aromatic nitrogens is 3. The van der Waals surface area contributed by atoms with Crippen LogP contribution in [0.15, 0.2) is 0 Å². The fourth-order valence-corrected chi connectivity index (χ4v) is 4.35. The van der Waals surface area contributed by atoms with E-state index in [1.54, 1.807) is 0 Å². The van der Waals surface area contributed by atoms with Crippen molar-refractivity contribution in [3.63, 3.8) is 0 Å². The van der Waals surface area contributed by atoms with E-state index in [1.165, 1.54) is 0 Å². The Kier molecular flexibility index (Phi) is 7.14. The van der Waals surface area contributed by atoms with Crippen LogP contribution in [0.4, 0.5) is 4.79 Å². The molecular formula is C21H36N6O2. The Morgan fingerprint density at radius 2 is 1.76 bits per heavy atom. The molecule has 1 aromatic heterocycles. The molecule has 29 heavy (non-hydrogen) atoms. The number of rotatable bonds is 6. The van der Waals surface area contributed by atoms with Crippen molar-refractivity contribution >= 4 is 11.9 Å². The van der Waals surface area contributed by atoms with Gasteiger partial charge >= 0.3 is 6.03 Å². The van der Waals surface area contributed by atoms with Gasteiger partial charge in [-0.05, 0) is 46.0 Å². The second-order valence-corrected chi connectivity index (χ2v) is 8.71. The van der Waals surface area contributed by atoms with E-state index < -0.39 is 0 Å². The lowest BCUT2D eigenvalue weighted by molar-refractivity contribution is -0.126. The van der Waals surface area contributed by atoms with Gasteiger partial charge in [0.05, 0.1) is 5.92 Å². The van der Waals surface area contributed by atoms with Gasteiger partial charge in [-0.15, -0.1) is 10.2 Å². The number of nitrogens with one attached hydrogen (secondary N) is 2. The number of hydrogen-bond donors (Lipinski definition) is 2. The molecule has 0 saturated carbocycles. The third kappa shape index (κ3) is 5.08. The Hall–Kier alpha value is -2.12. The summed E-state index contributed by atoms with van der Waals surface area (Å²) in [7, 11) is 0. The van der Waals surface area contributed by atoms with Crippen LogP contribution in [0, 0.1) is 5.92 Å². The van der Waals surface area contributed by atoms with Crippen molar-refractivity contribution in [3.8, 4) is 0 Å². The lowest BCUT2D eigenvalue weighted by atomic mass is 9.93. The predicted octanol–water partition coefficient (Wildman–Crippen LogP) is 2.44. The molecule has 8 nitrogen and oxygen atoms in total. The Labute approximate surface area is 173 Å². The third-order valence-electron chi connectivity index (χ3n) is 6.24. The minimum Gasteiger partial charge on any atom is -0.353 e. The molecule has 1 saturated heterocycles. The Bertz CT molecular complexity index is 704. The van der Waals surface area contributed by atoms with Gasteiger partial charge in [0.25, 0.3) is 0 Å². The van der Waals surface area contributed by atoms with Crippen molar-refractivity contribution in [2.45, 2.75) is 90.8 Å². The monoisotopic (exact) mass is 404 g/mol. The summed E-state index contributed by atoms with van der Waals surface area (Å²) in [5.41, 5.74) is 0. The summed E-state index contributed by atoms with van der Waals surface area (Å²) in [6.45, 7) is 10.3. The van der Waals surface area contributed by atoms with Crippen LogP contribution < -0.4 is 10.6 Å². The van der Waals surface area contributed by atoms with Gasteiger partial charge in [-0.2, -0.15) is 0 Å². The molecule has 0 spiro atoms. The van der Waals surface area contributed by atoms with Gasteiger partial charge in [0.15, 0.2) is 0 Å². The molecule has 1 atom stereocenters. The summed E-state index contributed by atoms with van der Waals surface area (Å²) < 4.78 is 2.18. The molecule has 2 N–H and O–H groups in total. The molecule has 162 valence electrons. The highest BCUT2D eigenvalue weighted by Gasteiger charge is 2.32. The molecule has 0 bridgehead atoms. The highest BCUT2D eigenvalue weighted by Crippen LogP contribution is 2.30. The van der Waals surface area contributed by atoms with E-state index in [-0.39, 0.29) is 29.9 Å². The maximum absolute atomic E-state index is 12.7. The van der Waals surface area contributed by atoms with Crippen LogP contribution in [0.3, 0.4) is 0 Å². The van der Waals surface area contributed by atoms with E-state index in [1.807, 2.05) is 18.7 Å². The molecule has 1 fully saturated rings. The zero-order valence-corrected chi connectivity index (χ0v) is 18.3. The van der Waals surface area contributed by atoms with Crippen LogP contribution in [-0.2, 0) is 17.8 Å². The Morgan fingerprint density at radius 3 is 2.38 bits per heavy atom. The fraction of sp³-hybridized carbons (Fsp3) is 0.810. The van der Waals surface area contributed by atoms with Crippen LogP contribution in [0.1, 0.15) is 77.4 Å². The second kappa shape index (κ2) is 9.59. The van der Waals surface area contributed by atoms with Gasteiger partial charge in [0.2, 0.25) is 5.91 Å². The molecule has 0 aliphatic carbocycles. The molecule has 2 aliphatic heterocycles. The molecule has 3 heterocycles. The molecular weight excluding hydrogens is 368 g/mol. The molecule has 8 heteroatoms. The van der Waals surface area contributed by atoms with Crippen LogP contribution in [0.2, 0.25) is 0 Å². The predicted molar refractivity (Wildman–Crippen MR) is 112 cm³/mol. The van der Waals surface area contributed by atoms with E-state index in [4.69, 9.17) is 0 Å². The minimum absolute atomic E-state index is 0.0138. The number of amides is 3. The largest absolute Gasteiger partial charge is 0.353 e. The lowest BCUT2D eigenvalue weighted by Crippen LogP contribution is -2.46. The van der Waals surface area contributed by atoms with Crippen molar-refractivity contribution in [3.05, 3.63) is 11.6 Å². The average Bonchev–Trinajstić information content (AvgIpc) is 3.14. The number of aryl methyl sites for hydroxylation is 1. The number of carbonyl (C=O) groups is 2. The number of piperidine rings is 1. The summed E-state index contributed by atoms with van der Waals surface area (Å²) in [4.78, 5) is 26.8. The minimum atomic E-state index is -0.0187. The van der Waals surface area contributed by atoms with Crippen LogP contribution in [0.25, 0.3) is 0 Å². The van der Waals surface area contributed by atoms with Gasteiger partial charge in [0, 0.05) is 44.1 Å². The highest BCUT2D eigenvalue weighted by atomic mass is 16.2. The number of fused-ring (bicyclic) bond motifs is 1. The fourth-order valence-electron chi connectivity index (χ4n) is 4.35. The van der Waals surface area contributed by atoms with Gasteiger partial charge < -0.3 is 20.1 Å². The van der Waals surface area contributed by atoms with E-state index >= 15 is 0 Å². The molecule has 0 aromatic carbocycles. The first-order chi connectivity index (χ1) is 13.9. The standard InChI is InChI=1S/C21H36N6O2/c1-5-17(6-2)23-20(28)16-7-8-18-24-25-19(27(18)13-16)15-9-11-26(12-10-15)21(29)22-14(3)4/h14-17H,5-13H2,1-4H3,(H,22,29)(H,23,28). The van der Waals surface area contributed by atoms with E-state index in [0.717, 1.165) is 63.3 Å². The quantitative estimate of drug-likeness (QED) is 0.762. The Morgan fingerprint density at radius 1 is 1.07 bits per heavy atom. The molecule has 1 aromatic rings. The number of urea groups is 1. The zero-order valence-electron chi connectivity index (χ0n) is 18.3. The normalized spacial score (nSPS) is 20.1. The maximum Gasteiger partial charge on any atom is 0.317 e. The average molecular weight is 405 g/mol. The molecule has 3 rings (SSSR count). The first-order valence-corrected chi connectivity index (χ1v) is 11.2. The highest BCUT2D eigenvalue weighted by molar-refractivity contribution is 5.79. The van der Waals surface area contributed by atoms with Crippen molar-refractivity contribution in [2.24, 2.45) is 5.92 Å². The summed E-state index contributed by atoms with van der Waals surface area (Å²) in [6.07, 6.45) is 5.31. The van der Waals surface area contributed by atoms with Gasteiger partial charge in [-0.1, -0.05) is 13.8 Å². The lowest BCUT2D eigenvalue weighted by Gasteiger charge is -2.33. The smallest absolute Gasteiger partial charge is 0.317 e. The number of carbonyl (C=O) groups excluding carboxylic acids is 2. The third-order valence-corrected chi connectivity index (χ3v) is 6.24. The molecule has 3 amide bonds. The van der Waals surface area contributed by atoms with Crippen LogP contribution in [0.5, 0.6) is 0 Å². The first kappa shape index (κ1) is 21.6. The number of likely N-dealkylation sites (tertiary alicyclic amines) is 1. The maximum atomic E-state index is 12.7. The second-order valence-electron chi connectivity index (χ2n) is 8.71. The van der Waals surface area contributed by atoms with E-state index in [9.17, 15) is 9.59 Å². The first-order valence-electron chi connectivity index (χ1n) is 11.2. The Balaban J connectivity index is 1.61. The summed E-state index contributed by atoms with van der Waals surface area (Å²) in [6, 6.07) is 0.414. The van der Waals surface area contributed by atoms with Crippen LogP contribution >= 0.6 is 0 Å². The summed E-state index contributed by atoms with van der Waals surface area (Å²) >= 11 is 0. The molecule has 2 aliphatic rings. The molecule has 0 radical (unpaired) electrons. The zero-order chi connectivity index (χ0) is 21.0. The van der Waals surface area contributed by atoms with E-state index in [0.29, 0.717) is 12.5 Å². The van der Waals surface area contributed by atoms with Gasteiger partial charge in [0.1, 0.15) is 11.6 Å². The van der Waals surface area contributed by atoms with Crippen molar-refractivity contribution < 1.29 is 9.59 Å². The van der Waals surface area contributed by atoms with Gasteiger partial charge in [-0.3, -0.25) is 4.79 Å². The van der Waals surface area contributed by atoms with Crippen molar-refractivity contribution in [2.75, 3.05) is 13.1 Å². The SMILES string of the molecule is CCC(CC)NC(=O)C1CCc2nnc(C3CCN(C(=O)NC(C)C)CC3)n2C1. The van der Waals surface area contributed by atoms with Gasteiger partial charge in [-0.25, -0.2) is 4.79 Å². The van der Waals surface area contributed by atoms with Crippen molar-refractivity contribution in [1.29, 1.82) is 0 Å². The number of nitrogens with zero attached hydrogens (tertiary/aromatic N) is 4. The topological polar surface area (TPSA) is 92.2 Å². The summed E-state index contributed by atoms with van der Waals surface area (Å²) in [5.74, 6) is 2.41. The summed E-state index contributed by atoms with van der Waals surface area (Å²) in [5, 5.41) is 15.1. The van der Waals surface area contributed by atoms with Crippen molar-refractivity contribution in [1.82, 2.24) is 30.3 Å².